The van der Waals surface area contributed by atoms with Crippen molar-refractivity contribution in [3.05, 3.63) is 52.9 Å². The lowest BCUT2D eigenvalue weighted by atomic mass is 10.1. The van der Waals surface area contributed by atoms with E-state index in [1.54, 1.807) is 24.4 Å². The Bertz CT molecular complexity index is 831. The largest absolute Gasteiger partial charge is 0.396 e. The van der Waals surface area contributed by atoms with Gasteiger partial charge in [-0.1, -0.05) is 18.2 Å². The van der Waals surface area contributed by atoms with Crippen LogP contribution < -0.4 is 5.73 Å². The van der Waals surface area contributed by atoms with Crippen molar-refractivity contribution in [1.29, 1.82) is 15.8 Å². The highest BCUT2D eigenvalue weighted by atomic mass is 14.7. The molecule has 0 spiro atoms. The number of aromatic amines is 1. The molecular formula is C15H9N5. The molecule has 2 rings (SSSR count). The fraction of sp³-hybridized carbons (Fsp3) is 0. The van der Waals surface area contributed by atoms with Crippen LogP contribution in [0.1, 0.15) is 5.56 Å². The standard InChI is InChI=1S/C15H9N5/c16-6-10(15(19)12(7-17)8-18)5-11-9-20-14-4-2-1-3-13(11)14/h1-5,9,20H,19H2/b10-5-. The highest BCUT2D eigenvalue weighted by molar-refractivity contribution is 5.90. The molecule has 5 heteroatoms. The van der Waals surface area contributed by atoms with Crippen molar-refractivity contribution in [2.75, 3.05) is 0 Å². The van der Waals surface area contributed by atoms with Crippen molar-refractivity contribution >= 4 is 17.0 Å². The minimum atomic E-state index is -0.266. The molecule has 0 saturated carbocycles. The molecule has 2 aromatic rings. The number of aromatic nitrogens is 1. The topological polar surface area (TPSA) is 113 Å². The first-order valence-corrected chi connectivity index (χ1v) is 5.69. The Morgan fingerprint density at radius 1 is 1.10 bits per heavy atom. The zero-order valence-corrected chi connectivity index (χ0v) is 10.4. The first-order valence-electron chi connectivity index (χ1n) is 5.69. The number of nitrogens with zero attached hydrogens (tertiary/aromatic N) is 3. The summed E-state index contributed by atoms with van der Waals surface area (Å²) in [5, 5.41) is 27.7. The SMILES string of the molecule is N#CC(C#N)=C(N)/C(C#N)=C\c1c[nH]c2ccccc12. The van der Waals surface area contributed by atoms with E-state index < -0.39 is 0 Å². The van der Waals surface area contributed by atoms with Crippen molar-refractivity contribution in [3.8, 4) is 18.2 Å². The van der Waals surface area contributed by atoms with Crippen LogP contribution in [0.25, 0.3) is 17.0 Å². The van der Waals surface area contributed by atoms with Gasteiger partial charge in [0.1, 0.15) is 18.2 Å². The van der Waals surface area contributed by atoms with Crippen molar-refractivity contribution in [2.45, 2.75) is 0 Å². The van der Waals surface area contributed by atoms with Gasteiger partial charge in [-0.2, -0.15) is 15.8 Å². The summed E-state index contributed by atoms with van der Waals surface area (Å²) < 4.78 is 0. The van der Waals surface area contributed by atoms with E-state index in [4.69, 9.17) is 21.5 Å². The van der Waals surface area contributed by atoms with Gasteiger partial charge in [-0.3, -0.25) is 0 Å². The third kappa shape index (κ3) is 2.22. The van der Waals surface area contributed by atoms with Crippen LogP contribution in [0.3, 0.4) is 0 Å². The number of rotatable bonds is 2. The Morgan fingerprint density at radius 3 is 2.45 bits per heavy atom. The average Bonchev–Trinajstić information content (AvgIpc) is 2.89. The minimum absolute atomic E-state index is 0.0906. The van der Waals surface area contributed by atoms with Crippen molar-refractivity contribution in [3.63, 3.8) is 0 Å². The van der Waals surface area contributed by atoms with Gasteiger partial charge in [-0.25, -0.2) is 0 Å². The smallest absolute Gasteiger partial charge is 0.153 e. The summed E-state index contributed by atoms with van der Waals surface area (Å²) in [5.74, 6) is 0. The summed E-state index contributed by atoms with van der Waals surface area (Å²) in [5.41, 5.74) is 7.11. The van der Waals surface area contributed by atoms with Crippen LogP contribution in [-0.2, 0) is 0 Å². The molecule has 0 radical (unpaired) electrons. The summed E-state index contributed by atoms with van der Waals surface area (Å²) >= 11 is 0. The Labute approximate surface area is 115 Å². The number of nitrogens with one attached hydrogen (secondary N) is 1. The van der Waals surface area contributed by atoms with Crippen LogP contribution in [0.4, 0.5) is 0 Å². The van der Waals surface area contributed by atoms with Gasteiger partial charge in [0.25, 0.3) is 0 Å². The Balaban J connectivity index is 2.60. The lowest BCUT2D eigenvalue weighted by Crippen LogP contribution is -2.03. The fourth-order valence-electron chi connectivity index (χ4n) is 1.82. The molecule has 0 amide bonds. The zero-order chi connectivity index (χ0) is 14.5. The van der Waals surface area contributed by atoms with Crippen LogP contribution in [-0.4, -0.2) is 4.98 Å². The number of allylic oxidation sites excluding steroid dienone is 2. The lowest BCUT2D eigenvalue weighted by molar-refractivity contribution is 1.31. The maximum Gasteiger partial charge on any atom is 0.153 e. The van der Waals surface area contributed by atoms with Crippen LogP contribution in [0.2, 0.25) is 0 Å². The first kappa shape index (κ1) is 13.0. The molecule has 1 aromatic heterocycles. The lowest BCUT2D eigenvalue weighted by Gasteiger charge is -1.98. The fourth-order valence-corrected chi connectivity index (χ4v) is 1.82. The number of H-pyrrole nitrogens is 1. The van der Waals surface area contributed by atoms with Crippen molar-refractivity contribution in [2.24, 2.45) is 5.73 Å². The molecule has 0 atom stereocenters. The molecule has 1 aromatic carbocycles. The van der Waals surface area contributed by atoms with Crippen LogP contribution in [0.5, 0.6) is 0 Å². The minimum Gasteiger partial charge on any atom is -0.396 e. The maximum atomic E-state index is 9.15. The highest BCUT2D eigenvalue weighted by Gasteiger charge is 2.09. The summed E-state index contributed by atoms with van der Waals surface area (Å²) in [6.07, 6.45) is 3.30. The maximum absolute atomic E-state index is 9.15. The van der Waals surface area contributed by atoms with Gasteiger partial charge in [0.15, 0.2) is 5.57 Å². The molecule has 0 aliphatic rings. The molecule has 0 aliphatic heterocycles. The number of nitriles is 3. The molecule has 0 bridgehead atoms. The van der Waals surface area contributed by atoms with Gasteiger partial charge in [-0.05, 0) is 12.1 Å². The summed E-state index contributed by atoms with van der Waals surface area (Å²) in [7, 11) is 0. The van der Waals surface area contributed by atoms with E-state index in [0.29, 0.717) is 0 Å². The van der Waals surface area contributed by atoms with E-state index >= 15 is 0 Å². The van der Waals surface area contributed by atoms with Gasteiger partial charge in [-0.15, -0.1) is 0 Å². The average molecular weight is 259 g/mol. The van der Waals surface area contributed by atoms with Crippen molar-refractivity contribution in [1.82, 2.24) is 4.98 Å². The number of para-hydroxylation sites is 1. The van der Waals surface area contributed by atoms with E-state index in [1.807, 2.05) is 30.3 Å². The predicted molar refractivity (Wildman–Crippen MR) is 74.3 cm³/mol. The second kappa shape index (κ2) is 5.44. The molecule has 5 nitrogen and oxygen atoms in total. The number of hydrogen-bond acceptors (Lipinski definition) is 4. The molecule has 0 saturated heterocycles. The van der Waals surface area contributed by atoms with Gasteiger partial charge < -0.3 is 10.7 Å². The number of benzene rings is 1. The van der Waals surface area contributed by atoms with E-state index in [9.17, 15) is 0 Å². The zero-order valence-electron chi connectivity index (χ0n) is 10.4. The van der Waals surface area contributed by atoms with Gasteiger partial charge in [0.05, 0.1) is 11.3 Å². The summed E-state index contributed by atoms with van der Waals surface area (Å²) in [6, 6.07) is 12.9. The molecule has 3 N–H and O–H groups in total. The van der Waals surface area contributed by atoms with E-state index in [-0.39, 0.29) is 16.8 Å². The van der Waals surface area contributed by atoms with E-state index in [2.05, 4.69) is 4.98 Å². The number of nitrogens with two attached hydrogens (primary N) is 1. The molecular weight excluding hydrogens is 250 g/mol. The summed E-state index contributed by atoms with van der Waals surface area (Å²) in [6.45, 7) is 0. The normalized spacial score (nSPS) is 10.3. The molecule has 94 valence electrons. The predicted octanol–water partition coefficient (Wildman–Crippen LogP) is 2.33. The third-order valence-electron chi connectivity index (χ3n) is 2.82. The highest BCUT2D eigenvalue weighted by Crippen LogP contribution is 2.21. The number of fused-ring (bicyclic) bond motifs is 1. The van der Waals surface area contributed by atoms with Gasteiger partial charge in [0, 0.05) is 22.7 Å². The Kier molecular flexibility index (Phi) is 3.52. The molecule has 20 heavy (non-hydrogen) atoms. The van der Waals surface area contributed by atoms with E-state index in [0.717, 1.165) is 16.5 Å². The summed E-state index contributed by atoms with van der Waals surface area (Å²) in [4.78, 5) is 3.07. The second-order valence-corrected chi connectivity index (χ2v) is 3.97. The second-order valence-electron chi connectivity index (χ2n) is 3.97. The molecule has 0 aliphatic carbocycles. The number of hydrogen-bond donors (Lipinski definition) is 2. The van der Waals surface area contributed by atoms with Gasteiger partial charge in [0.2, 0.25) is 0 Å². The van der Waals surface area contributed by atoms with Crippen LogP contribution in [0, 0.1) is 34.0 Å². The molecule has 1 heterocycles. The first-order chi connectivity index (χ1) is 9.71. The van der Waals surface area contributed by atoms with Crippen LogP contribution >= 0.6 is 0 Å². The van der Waals surface area contributed by atoms with E-state index in [1.165, 1.54) is 0 Å². The van der Waals surface area contributed by atoms with Crippen molar-refractivity contribution < 1.29 is 0 Å². The van der Waals surface area contributed by atoms with Crippen LogP contribution in [0.15, 0.2) is 47.3 Å². The Morgan fingerprint density at radius 2 is 1.80 bits per heavy atom. The monoisotopic (exact) mass is 259 g/mol. The molecule has 0 fully saturated rings. The Hall–Kier alpha value is -3.49. The molecule has 0 unspecified atom stereocenters. The third-order valence-corrected chi connectivity index (χ3v) is 2.82. The van der Waals surface area contributed by atoms with Gasteiger partial charge >= 0.3 is 0 Å². The quantitative estimate of drug-likeness (QED) is 0.636.